The van der Waals surface area contributed by atoms with Gasteiger partial charge < -0.3 is 10.2 Å². The lowest BCUT2D eigenvalue weighted by molar-refractivity contribution is -0.151. The molecular weight excluding hydrogens is 388 g/mol. The number of aromatic nitrogens is 2. The van der Waals surface area contributed by atoms with Crippen molar-refractivity contribution in [3.8, 4) is 0 Å². The number of carbonyl (C=O) groups is 1. The summed E-state index contributed by atoms with van der Waals surface area (Å²) in [6.07, 6.45) is 13.6. The Morgan fingerprint density at radius 2 is 1.84 bits per heavy atom. The van der Waals surface area contributed by atoms with E-state index in [-0.39, 0.29) is 17.9 Å². The van der Waals surface area contributed by atoms with Crippen LogP contribution in [0.4, 0.5) is 0 Å². The number of aliphatic hydroxyl groups is 2. The highest BCUT2D eigenvalue weighted by atomic mass is 16.3. The average Bonchev–Trinajstić information content (AvgIpc) is 3.31. The Labute approximate surface area is 186 Å². The lowest BCUT2D eigenvalue weighted by atomic mass is 9.44. The van der Waals surface area contributed by atoms with Gasteiger partial charge in [-0.3, -0.25) is 9.48 Å². The highest BCUT2D eigenvalue weighted by molar-refractivity contribution is 5.82. The van der Waals surface area contributed by atoms with Gasteiger partial charge in [0.05, 0.1) is 24.9 Å². The SMILES string of the molecule is C[C@@]1(O)CC[C@@]2(C)[C@H](CC[C@@H]3[C@@H]2CC[C@]2(C)[C@@H](C(=O)Cn4cc(CO)cn4)CC[C@@H]32)C1. The molecule has 172 valence electrons. The van der Waals surface area contributed by atoms with Gasteiger partial charge in [-0.1, -0.05) is 13.8 Å². The first kappa shape index (κ1) is 21.6. The number of hydrogen-bond donors (Lipinski definition) is 2. The van der Waals surface area contributed by atoms with Gasteiger partial charge in [-0.05, 0) is 99.2 Å². The number of hydrogen-bond acceptors (Lipinski definition) is 4. The molecule has 0 bridgehead atoms. The van der Waals surface area contributed by atoms with Crippen LogP contribution in [0, 0.1) is 40.4 Å². The van der Waals surface area contributed by atoms with Gasteiger partial charge >= 0.3 is 0 Å². The van der Waals surface area contributed by atoms with Crippen LogP contribution in [-0.2, 0) is 17.9 Å². The smallest absolute Gasteiger partial charge is 0.157 e. The molecule has 0 amide bonds. The van der Waals surface area contributed by atoms with E-state index in [0.717, 1.165) is 49.5 Å². The standard InChI is InChI=1S/C26H40N2O3/c1-24(31)10-11-25(2)18(12-24)4-5-19-20-6-7-22(26(20,3)9-8-21(19)25)23(30)15-28-14-17(16-29)13-27-28/h13-14,18-22,29,31H,4-12,15-16H2,1-3H3/t18-,19+,20+,21+,22-,24-,25+,26+/m1/s1. The van der Waals surface area contributed by atoms with Crippen molar-refractivity contribution in [3.05, 3.63) is 18.0 Å². The summed E-state index contributed by atoms with van der Waals surface area (Å²) in [6, 6.07) is 0. The fourth-order valence-corrected chi connectivity index (χ4v) is 8.80. The number of rotatable bonds is 4. The molecule has 5 heteroatoms. The van der Waals surface area contributed by atoms with E-state index in [1.54, 1.807) is 17.1 Å². The lowest BCUT2D eigenvalue weighted by Gasteiger charge is -2.61. The number of aliphatic hydroxyl groups excluding tert-OH is 1. The van der Waals surface area contributed by atoms with Crippen molar-refractivity contribution >= 4 is 5.78 Å². The largest absolute Gasteiger partial charge is 0.392 e. The first-order chi connectivity index (χ1) is 14.7. The third kappa shape index (κ3) is 3.42. The van der Waals surface area contributed by atoms with Crippen LogP contribution in [0.3, 0.4) is 0 Å². The molecule has 0 saturated heterocycles. The third-order valence-corrected chi connectivity index (χ3v) is 10.5. The van der Waals surface area contributed by atoms with Crippen LogP contribution in [0.15, 0.2) is 12.4 Å². The van der Waals surface area contributed by atoms with Gasteiger partial charge in [0.1, 0.15) is 0 Å². The van der Waals surface area contributed by atoms with Gasteiger partial charge in [0.15, 0.2) is 5.78 Å². The first-order valence-corrected chi connectivity index (χ1v) is 12.5. The zero-order valence-electron chi connectivity index (χ0n) is 19.5. The van der Waals surface area contributed by atoms with Gasteiger partial charge in [0.25, 0.3) is 0 Å². The highest BCUT2D eigenvalue weighted by Gasteiger charge is 2.61. The molecule has 5 nitrogen and oxygen atoms in total. The molecule has 0 radical (unpaired) electrons. The highest BCUT2D eigenvalue weighted by Crippen LogP contribution is 2.68. The molecule has 1 heterocycles. The maximum absolute atomic E-state index is 13.3. The monoisotopic (exact) mass is 428 g/mol. The minimum atomic E-state index is -0.479. The summed E-state index contributed by atoms with van der Waals surface area (Å²) in [5, 5.41) is 24.2. The zero-order valence-corrected chi connectivity index (χ0v) is 19.5. The van der Waals surface area contributed by atoms with E-state index in [9.17, 15) is 15.0 Å². The number of Topliss-reactive ketones (excluding diaryl/α,β-unsaturated/α-hetero) is 1. The summed E-state index contributed by atoms with van der Waals surface area (Å²) in [5.41, 5.74) is 0.770. The van der Waals surface area contributed by atoms with Crippen molar-refractivity contribution < 1.29 is 15.0 Å². The Kier molecular flexibility index (Phi) is 5.17. The minimum absolute atomic E-state index is 0.0321. The molecule has 4 saturated carbocycles. The zero-order chi connectivity index (χ0) is 22.0. The van der Waals surface area contributed by atoms with Crippen molar-refractivity contribution in [3.63, 3.8) is 0 Å². The Bertz CT molecular complexity index is 847. The molecule has 4 aliphatic rings. The summed E-state index contributed by atoms with van der Waals surface area (Å²) >= 11 is 0. The van der Waals surface area contributed by atoms with E-state index in [1.807, 2.05) is 6.92 Å². The normalized spacial score (nSPS) is 46.8. The fourth-order valence-electron chi connectivity index (χ4n) is 8.80. The van der Waals surface area contributed by atoms with Crippen LogP contribution in [0.2, 0.25) is 0 Å². The molecule has 1 aromatic heterocycles. The lowest BCUT2D eigenvalue weighted by Crippen LogP contribution is -2.55. The average molecular weight is 429 g/mol. The molecule has 31 heavy (non-hydrogen) atoms. The van der Waals surface area contributed by atoms with Gasteiger partial charge in [0, 0.05) is 17.7 Å². The van der Waals surface area contributed by atoms with Crippen LogP contribution >= 0.6 is 0 Å². The van der Waals surface area contributed by atoms with Gasteiger partial charge in [-0.2, -0.15) is 5.10 Å². The summed E-state index contributed by atoms with van der Waals surface area (Å²) in [6.45, 7) is 7.27. The minimum Gasteiger partial charge on any atom is -0.392 e. The molecule has 2 N–H and O–H groups in total. The molecule has 1 aromatic rings. The Hall–Kier alpha value is -1.20. The Morgan fingerprint density at radius 1 is 1.06 bits per heavy atom. The topological polar surface area (TPSA) is 75.3 Å². The molecule has 4 fully saturated rings. The van der Waals surface area contributed by atoms with Crippen molar-refractivity contribution in [2.24, 2.45) is 40.4 Å². The molecule has 5 rings (SSSR count). The van der Waals surface area contributed by atoms with Crippen LogP contribution in [-0.4, -0.2) is 31.4 Å². The van der Waals surface area contributed by atoms with Crippen molar-refractivity contribution in [2.45, 2.75) is 97.3 Å². The van der Waals surface area contributed by atoms with Crippen molar-refractivity contribution in [2.75, 3.05) is 0 Å². The Morgan fingerprint density at radius 3 is 2.58 bits per heavy atom. The fraction of sp³-hybridized carbons (Fsp3) is 0.846. The van der Waals surface area contributed by atoms with Crippen molar-refractivity contribution in [1.29, 1.82) is 0 Å². The van der Waals surface area contributed by atoms with E-state index >= 15 is 0 Å². The second-order valence-electron chi connectivity index (χ2n) is 12.2. The van der Waals surface area contributed by atoms with Crippen LogP contribution in [0.5, 0.6) is 0 Å². The quantitative estimate of drug-likeness (QED) is 0.747. The third-order valence-electron chi connectivity index (χ3n) is 10.5. The van der Waals surface area contributed by atoms with Gasteiger partial charge in [-0.15, -0.1) is 0 Å². The maximum Gasteiger partial charge on any atom is 0.157 e. The van der Waals surface area contributed by atoms with Crippen molar-refractivity contribution in [1.82, 2.24) is 9.78 Å². The molecule has 0 aromatic carbocycles. The predicted octanol–water partition coefficient (Wildman–Crippen LogP) is 4.35. The van der Waals surface area contributed by atoms with E-state index in [4.69, 9.17) is 0 Å². The number of carbonyl (C=O) groups excluding carboxylic acids is 1. The van der Waals surface area contributed by atoms with Gasteiger partial charge in [0.2, 0.25) is 0 Å². The molecular formula is C26H40N2O3. The number of fused-ring (bicyclic) bond motifs is 5. The maximum atomic E-state index is 13.3. The van der Waals surface area contributed by atoms with E-state index in [2.05, 4.69) is 18.9 Å². The van der Waals surface area contributed by atoms with Crippen LogP contribution in [0.25, 0.3) is 0 Å². The van der Waals surface area contributed by atoms with E-state index in [1.165, 1.54) is 25.7 Å². The summed E-state index contributed by atoms with van der Waals surface area (Å²) in [7, 11) is 0. The van der Waals surface area contributed by atoms with Crippen LogP contribution < -0.4 is 0 Å². The Balaban J connectivity index is 1.33. The van der Waals surface area contributed by atoms with Gasteiger partial charge in [-0.25, -0.2) is 0 Å². The molecule has 0 aliphatic heterocycles. The summed E-state index contributed by atoms with van der Waals surface area (Å²) in [4.78, 5) is 13.3. The molecule has 8 atom stereocenters. The predicted molar refractivity (Wildman–Crippen MR) is 119 cm³/mol. The second-order valence-corrected chi connectivity index (χ2v) is 12.2. The second kappa shape index (κ2) is 7.41. The molecule has 4 aliphatic carbocycles. The summed E-state index contributed by atoms with van der Waals surface area (Å²) in [5.74, 6) is 3.27. The van der Waals surface area contributed by atoms with Crippen LogP contribution in [0.1, 0.15) is 84.1 Å². The summed E-state index contributed by atoms with van der Waals surface area (Å²) < 4.78 is 1.70. The molecule has 0 unspecified atom stereocenters. The first-order valence-electron chi connectivity index (χ1n) is 12.5. The van der Waals surface area contributed by atoms with E-state index in [0.29, 0.717) is 29.6 Å². The van der Waals surface area contributed by atoms with E-state index < -0.39 is 5.60 Å². The number of ketones is 1. The number of nitrogens with zero attached hydrogens (tertiary/aromatic N) is 2. The molecule has 0 spiro atoms.